The molecule has 3 heteroatoms. The molecule has 2 unspecified atom stereocenters. The molecule has 0 aromatic heterocycles. The van der Waals surface area contributed by atoms with Gasteiger partial charge in [-0.2, -0.15) is 0 Å². The number of allylic oxidation sites excluding steroid dienone is 2. The fourth-order valence-electron chi connectivity index (χ4n) is 2.79. The second kappa shape index (κ2) is 9.12. The summed E-state index contributed by atoms with van der Waals surface area (Å²) in [4.78, 5) is 0. The topological polar surface area (TPSA) is 31.0 Å². The van der Waals surface area contributed by atoms with Crippen LogP contribution in [0.4, 0.5) is 0 Å². The molecule has 25 heavy (non-hydrogen) atoms. The summed E-state index contributed by atoms with van der Waals surface area (Å²) in [5, 5.41) is 0. The summed E-state index contributed by atoms with van der Waals surface area (Å²) >= 11 is 0. The Hall–Kier alpha value is -0.960. The van der Waals surface area contributed by atoms with Crippen LogP contribution in [0.3, 0.4) is 0 Å². The molecular formula is C22H40O3. The van der Waals surface area contributed by atoms with E-state index >= 15 is 0 Å². The Balaban J connectivity index is 0.000000324. The zero-order valence-electron chi connectivity index (χ0n) is 17.6. The highest BCUT2D eigenvalue weighted by molar-refractivity contribution is 5.05. The average Bonchev–Trinajstić information content (AvgIpc) is 3.35. The Morgan fingerprint density at radius 3 is 2.00 bits per heavy atom. The van der Waals surface area contributed by atoms with Gasteiger partial charge in [0.15, 0.2) is 0 Å². The van der Waals surface area contributed by atoms with E-state index in [1.165, 1.54) is 12.8 Å². The van der Waals surface area contributed by atoms with Crippen molar-refractivity contribution in [1.29, 1.82) is 0 Å². The van der Waals surface area contributed by atoms with Crippen molar-refractivity contribution < 1.29 is 14.2 Å². The van der Waals surface area contributed by atoms with Crippen molar-refractivity contribution in [3.05, 3.63) is 24.7 Å². The summed E-state index contributed by atoms with van der Waals surface area (Å²) in [6.45, 7) is 25.8. The van der Waals surface area contributed by atoms with E-state index < -0.39 is 0 Å². The van der Waals surface area contributed by atoms with Gasteiger partial charge in [0.1, 0.15) is 12.7 Å². The molecule has 2 rings (SSSR count). The molecule has 2 aliphatic rings. The average molecular weight is 353 g/mol. The van der Waals surface area contributed by atoms with Crippen LogP contribution < -0.4 is 0 Å². The smallest absolute Gasteiger partial charge is 0.116 e. The van der Waals surface area contributed by atoms with Crippen molar-refractivity contribution >= 4 is 0 Å². The number of rotatable bonds is 9. The lowest BCUT2D eigenvalue weighted by Crippen LogP contribution is -2.32. The second-order valence-corrected chi connectivity index (χ2v) is 9.46. The maximum Gasteiger partial charge on any atom is 0.116 e. The molecule has 1 heterocycles. The normalized spacial score (nSPS) is 21.7. The van der Waals surface area contributed by atoms with E-state index in [4.69, 9.17) is 14.2 Å². The van der Waals surface area contributed by atoms with Crippen LogP contribution >= 0.6 is 0 Å². The van der Waals surface area contributed by atoms with Crippen molar-refractivity contribution in [3.63, 3.8) is 0 Å². The summed E-state index contributed by atoms with van der Waals surface area (Å²) in [6.07, 6.45) is 4.16. The van der Waals surface area contributed by atoms with Crippen LogP contribution in [0.25, 0.3) is 0 Å². The number of epoxide rings is 1. The van der Waals surface area contributed by atoms with E-state index in [0.29, 0.717) is 24.0 Å². The Labute approximate surface area is 155 Å². The van der Waals surface area contributed by atoms with Crippen LogP contribution in [0.2, 0.25) is 0 Å². The van der Waals surface area contributed by atoms with E-state index in [0.717, 1.165) is 37.1 Å². The SMILES string of the molecule is C=C(C)OCC1CO1.C=C(OCC1CC1)C(C)(CC(C)(C)C)C(C)C. The summed E-state index contributed by atoms with van der Waals surface area (Å²) < 4.78 is 15.9. The molecule has 1 aliphatic carbocycles. The third-order valence-electron chi connectivity index (χ3n) is 4.92. The van der Waals surface area contributed by atoms with Crippen LogP contribution in [0, 0.1) is 22.7 Å². The third kappa shape index (κ3) is 9.34. The van der Waals surface area contributed by atoms with E-state index in [2.05, 4.69) is 54.7 Å². The minimum atomic E-state index is 0.0904. The first-order valence-electron chi connectivity index (χ1n) is 9.66. The minimum Gasteiger partial charge on any atom is -0.498 e. The lowest BCUT2D eigenvalue weighted by Gasteiger charge is -2.40. The van der Waals surface area contributed by atoms with Crippen LogP contribution in [-0.2, 0) is 14.2 Å². The van der Waals surface area contributed by atoms with Gasteiger partial charge >= 0.3 is 0 Å². The highest BCUT2D eigenvalue weighted by atomic mass is 16.6. The third-order valence-corrected chi connectivity index (χ3v) is 4.92. The van der Waals surface area contributed by atoms with Gasteiger partial charge in [-0.05, 0) is 43.4 Å². The summed E-state index contributed by atoms with van der Waals surface area (Å²) in [7, 11) is 0. The first kappa shape index (κ1) is 22.1. The molecule has 2 fully saturated rings. The molecule has 0 N–H and O–H groups in total. The van der Waals surface area contributed by atoms with E-state index in [1.54, 1.807) is 0 Å². The van der Waals surface area contributed by atoms with E-state index in [1.807, 2.05) is 6.92 Å². The Kier molecular flexibility index (Phi) is 8.05. The zero-order valence-corrected chi connectivity index (χ0v) is 17.6. The molecule has 0 aromatic rings. The zero-order chi connectivity index (χ0) is 19.3. The lowest BCUT2D eigenvalue weighted by molar-refractivity contribution is 0.0655. The monoisotopic (exact) mass is 352 g/mol. The predicted octanol–water partition coefficient (Wildman–Crippen LogP) is 5.96. The van der Waals surface area contributed by atoms with Crippen molar-refractivity contribution in [2.45, 2.75) is 73.8 Å². The fourth-order valence-corrected chi connectivity index (χ4v) is 2.79. The minimum absolute atomic E-state index is 0.0904. The largest absolute Gasteiger partial charge is 0.498 e. The molecule has 2 atom stereocenters. The highest BCUT2D eigenvalue weighted by Gasteiger charge is 2.37. The van der Waals surface area contributed by atoms with Gasteiger partial charge in [-0.15, -0.1) is 0 Å². The fraction of sp³-hybridized carbons (Fsp3) is 0.818. The summed E-state index contributed by atoms with van der Waals surface area (Å²) in [6, 6.07) is 0. The first-order valence-corrected chi connectivity index (χ1v) is 9.66. The number of hydrogen-bond acceptors (Lipinski definition) is 3. The van der Waals surface area contributed by atoms with Crippen LogP contribution in [0.5, 0.6) is 0 Å². The summed E-state index contributed by atoms with van der Waals surface area (Å²) in [5.74, 6) is 3.13. The number of ether oxygens (including phenoxy) is 3. The van der Waals surface area contributed by atoms with Gasteiger partial charge in [0.2, 0.25) is 0 Å². The first-order chi connectivity index (χ1) is 11.4. The summed E-state index contributed by atoms with van der Waals surface area (Å²) in [5.41, 5.74) is 0.401. The Morgan fingerprint density at radius 2 is 1.64 bits per heavy atom. The number of hydrogen-bond donors (Lipinski definition) is 0. The maximum absolute atomic E-state index is 5.94. The quantitative estimate of drug-likeness (QED) is 0.379. The lowest BCUT2D eigenvalue weighted by atomic mass is 9.68. The second-order valence-electron chi connectivity index (χ2n) is 9.46. The van der Waals surface area contributed by atoms with Gasteiger partial charge in [-0.3, -0.25) is 0 Å². The molecule has 0 amide bonds. The molecule has 0 spiro atoms. The predicted molar refractivity (Wildman–Crippen MR) is 105 cm³/mol. The highest BCUT2D eigenvalue weighted by Crippen LogP contribution is 2.45. The maximum atomic E-state index is 5.94. The van der Waals surface area contributed by atoms with Crippen LogP contribution in [-0.4, -0.2) is 25.9 Å². The van der Waals surface area contributed by atoms with Crippen molar-refractivity contribution in [1.82, 2.24) is 0 Å². The molecule has 0 aromatic carbocycles. The van der Waals surface area contributed by atoms with Gasteiger partial charge < -0.3 is 14.2 Å². The van der Waals surface area contributed by atoms with Gasteiger partial charge in [0, 0.05) is 5.41 Å². The molecular weight excluding hydrogens is 312 g/mol. The van der Waals surface area contributed by atoms with Crippen LogP contribution in [0.15, 0.2) is 24.7 Å². The molecule has 1 saturated carbocycles. The van der Waals surface area contributed by atoms with Gasteiger partial charge in [-0.25, -0.2) is 0 Å². The van der Waals surface area contributed by atoms with Gasteiger partial charge in [0.05, 0.1) is 24.7 Å². The molecule has 1 saturated heterocycles. The van der Waals surface area contributed by atoms with Crippen molar-refractivity contribution in [2.75, 3.05) is 19.8 Å². The standard InChI is InChI=1S/C16H30O.C6H10O2/c1-12(2)16(7,11-15(4,5)6)13(3)17-10-14-8-9-14;1-5(2)7-3-6-4-8-6/h12,14H,3,8-11H2,1-2,4-7H3;6H,1,3-4H2,2H3. The van der Waals surface area contributed by atoms with Gasteiger partial charge in [0.25, 0.3) is 0 Å². The van der Waals surface area contributed by atoms with Crippen molar-refractivity contribution in [2.24, 2.45) is 22.7 Å². The molecule has 0 bridgehead atoms. The molecule has 3 nitrogen and oxygen atoms in total. The van der Waals surface area contributed by atoms with E-state index in [-0.39, 0.29) is 5.41 Å². The van der Waals surface area contributed by atoms with Crippen molar-refractivity contribution in [3.8, 4) is 0 Å². The Morgan fingerprint density at radius 1 is 1.08 bits per heavy atom. The molecule has 1 aliphatic heterocycles. The van der Waals surface area contributed by atoms with Gasteiger partial charge in [-0.1, -0.05) is 54.7 Å². The molecule has 0 radical (unpaired) electrons. The van der Waals surface area contributed by atoms with Crippen LogP contribution in [0.1, 0.15) is 67.7 Å². The molecule has 146 valence electrons. The Bertz CT molecular complexity index is 439. The van der Waals surface area contributed by atoms with E-state index in [9.17, 15) is 0 Å².